The van der Waals surface area contributed by atoms with Gasteiger partial charge in [-0.1, -0.05) is 17.8 Å². The Hall–Kier alpha value is -2.55. The minimum atomic E-state index is -4.45. The van der Waals surface area contributed by atoms with Crippen LogP contribution in [0.3, 0.4) is 0 Å². The van der Waals surface area contributed by atoms with Gasteiger partial charge in [-0.2, -0.15) is 13.2 Å². The van der Waals surface area contributed by atoms with Crippen LogP contribution in [-0.2, 0) is 15.7 Å². The predicted octanol–water partition coefficient (Wildman–Crippen LogP) is 3.62. The van der Waals surface area contributed by atoms with Crippen LogP contribution in [0.4, 0.5) is 18.9 Å². The molecule has 25 heavy (non-hydrogen) atoms. The zero-order valence-corrected chi connectivity index (χ0v) is 13.8. The molecule has 0 saturated heterocycles. The van der Waals surface area contributed by atoms with Crippen LogP contribution in [-0.4, -0.2) is 29.7 Å². The van der Waals surface area contributed by atoms with Crippen molar-refractivity contribution >= 4 is 29.3 Å². The maximum absolute atomic E-state index is 12.4. The van der Waals surface area contributed by atoms with E-state index in [-0.39, 0.29) is 17.2 Å². The van der Waals surface area contributed by atoms with Crippen LogP contribution in [0.5, 0.6) is 0 Å². The van der Waals surface area contributed by atoms with Crippen molar-refractivity contribution in [3.05, 3.63) is 53.7 Å². The van der Waals surface area contributed by atoms with Crippen LogP contribution in [0, 0.1) is 0 Å². The Balaban J connectivity index is 1.92. The summed E-state index contributed by atoms with van der Waals surface area (Å²) in [5, 5.41) is 2.89. The summed E-state index contributed by atoms with van der Waals surface area (Å²) in [7, 11) is 1.25. The minimum absolute atomic E-state index is 0.0409. The van der Waals surface area contributed by atoms with Crippen LogP contribution in [0.25, 0.3) is 0 Å². The summed E-state index contributed by atoms with van der Waals surface area (Å²) in [6, 6.07) is 8.32. The molecule has 0 unspecified atom stereocenters. The van der Waals surface area contributed by atoms with E-state index < -0.39 is 17.7 Å². The number of halogens is 3. The average molecular weight is 370 g/mol. The molecule has 0 aliphatic rings. The third-order valence-corrected chi connectivity index (χ3v) is 3.93. The normalized spacial score (nSPS) is 11.0. The lowest BCUT2D eigenvalue weighted by Crippen LogP contribution is -2.14. The van der Waals surface area contributed by atoms with Crippen molar-refractivity contribution in [3.8, 4) is 0 Å². The largest absolute Gasteiger partial charge is 0.465 e. The summed E-state index contributed by atoms with van der Waals surface area (Å²) < 4.78 is 41.9. The van der Waals surface area contributed by atoms with Gasteiger partial charge in [-0.15, -0.1) is 0 Å². The van der Waals surface area contributed by atoms with Crippen LogP contribution < -0.4 is 5.32 Å². The van der Waals surface area contributed by atoms with E-state index in [1.165, 1.54) is 19.2 Å². The highest BCUT2D eigenvalue weighted by Crippen LogP contribution is 2.29. The lowest BCUT2D eigenvalue weighted by molar-refractivity contribution is -0.137. The Morgan fingerprint density at radius 1 is 1.24 bits per heavy atom. The molecule has 0 saturated carbocycles. The quantitative estimate of drug-likeness (QED) is 0.643. The van der Waals surface area contributed by atoms with Gasteiger partial charge >= 0.3 is 12.1 Å². The fourth-order valence-corrected chi connectivity index (χ4v) is 2.45. The van der Waals surface area contributed by atoms with Crippen LogP contribution in [0.15, 0.2) is 47.6 Å². The monoisotopic (exact) mass is 370 g/mol. The fraction of sp³-hybridized carbons (Fsp3) is 0.188. The molecule has 9 heteroatoms. The number of benzene rings is 1. The number of carbonyl (C=O) groups excluding carboxylic acids is 2. The molecule has 0 fully saturated rings. The van der Waals surface area contributed by atoms with Gasteiger partial charge in [-0.05, 0) is 30.3 Å². The fourth-order valence-electron chi connectivity index (χ4n) is 1.81. The molecule has 1 heterocycles. The number of rotatable bonds is 5. The van der Waals surface area contributed by atoms with E-state index >= 15 is 0 Å². The summed E-state index contributed by atoms with van der Waals surface area (Å²) in [6.07, 6.45) is -3.72. The first-order chi connectivity index (χ1) is 11.8. The molecule has 2 rings (SSSR count). The summed E-state index contributed by atoms with van der Waals surface area (Å²) in [4.78, 5) is 27.0. The average Bonchev–Trinajstić information content (AvgIpc) is 2.59. The van der Waals surface area contributed by atoms with Crippen molar-refractivity contribution in [1.82, 2.24) is 4.98 Å². The number of amides is 1. The zero-order valence-electron chi connectivity index (χ0n) is 13.0. The van der Waals surface area contributed by atoms with Crippen molar-refractivity contribution in [2.45, 2.75) is 11.2 Å². The van der Waals surface area contributed by atoms with Crippen molar-refractivity contribution in [2.75, 3.05) is 18.2 Å². The lowest BCUT2D eigenvalue weighted by atomic mass is 10.2. The molecular formula is C16H13F3N2O3S. The molecule has 0 spiro atoms. The first-order valence-corrected chi connectivity index (χ1v) is 7.92. The summed E-state index contributed by atoms with van der Waals surface area (Å²) in [5.41, 5.74) is -0.146. The number of thioether (sulfide) groups is 1. The second kappa shape index (κ2) is 8.02. The van der Waals surface area contributed by atoms with E-state index in [2.05, 4.69) is 15.0 Å². The number of methoxy groups -OCH3 is 1. The molecule has 1 aromatic carbocycles. The number of anilines is 1. The topological polar surface area (TPSA) is 68.3 Å². The summed E-state index contributed by atoms with van der Waals surface area (Å²) >= 11 is 1.000. The molecule has 5 nitrogen and oxygen atoms in total. The molecule has 0 atom stereocenters. The Morgan fingerprint density at radius 2 is 2.00 bits per heavy atom. The minimum Gasteiger partial charge on any atom is -0.465 e. The number of esters is 1. The molecule has 0 aliphatic heterocycles. The van der Waals surface area contributed by atoms with E-state index in [0.717, 1.165) is 24.0 Å². The van der Waals surface area contributed by atoms with E-state index in [1.54, 1.807) is 18.2 Å². The number of aromatic nitrogens is 1. The molecule has 1 aromatic heterocycles. The van der Waals surface area contributed by atoms with Gasteiger partial charge in [0.2, 0.25) is 5.91 Å². The number of nitrogens with one attached hydrogen (secondary N) is 1. The third kappa shape index (κ3) is 5.49. The maximum Gasteiger partial charge on any atom is 0.417 e. The van der Waals surface area contributed by atoms with Gasteiger partial charge in [-0.25, -0.2) is 9.78 Å². The smallest absolute Gasteiger partial charge is 0.417 e. The first kappa shape index (κ1) is 18.8. The zero-order chi connectivity index (χ0) is 18.4. The molecule has 1 amide bonds. The van der Waals surface area contributed by atoms with Gasteiger partial charge in [0.1, 0.15) is 0 Å². The van der Waals surface area contributed by atoms with E-state index in [0.29, 0.717) is 10.7 Å². The Morgan fingerprint density at radius 3 is 2.60 bits per heavy atom. The number of nitrogens with zero attached hydrogens (tertiary/aromatic N) is 1. The Bertz CT molecular complexity index is 764. The van der Waals surface area contributed by atoms with Gasteiger partial charge in [0.25, 0.3) is 0 Å². The number of carbonyl (C=O) groups is 2. The molecule has 0 aliphatic carbocycles. The second-order valence-electron chi connectivity index (χ2n) is 4.79. The van der Waals surface area contributed by atoms with Crippen molar-refractivity contribution < 1.29 is 27.5 Å². The summed E-state index contributed by atoms with van der Waals surface area (Å²) in [6.45, 7) is 0. The first-order valence-electron chi connectivity index (χ1n) is 6.94. The highest BCUT2D eigenvalue weighted by atomic mass is 32.2. The van der Waals surface area contributed by atoms with E-state index in [1.807, 2.05) is 0 Å². The van der Waals surface area contributed by atoms with Crippen LogP contribution in [0.2, 0.25) is 0 Å². The van der Waals surface area contributed by atoms with Gasteiger partial charge in [0.15, 0.2) is 0 Å². The Kier molecular flexibility index (Phi) is 6.02. The predicted molar refractivity (Wildman–Crippen MR) is 86.4 cm³/mol. The number of hydrogen-bond donors (Lipinski definition) is 1. The van der Waals surface area contributed by atoms with Gasteiger partial charge in [-0.3, -0.25) is 4.79 Å². The second-order valence-corrected chi connectivity index (χ2v) is 5.79. The van der Waals surface area contributed by atoms with E-state index in [4.69, 9.17) is 0 Å². The SMILES string of the molecule is COC(=O)c1cccc(NC(=O)CSc2ccc(C(F)(F)F)cn2)c1. The van der Waals surface area contributed by atoms with Crippen LogP contribution >= 0.6 is 11.8 Å². The van der Waals surface area contributed by atoms with Gasteiger partial charge in [0, 0.05) is 11.9 Å². The number of ether oxygens (including phenoxy) is 1. The maximum atomic E-state index is 12.4. The molecule has 132 valence electrons. The molecule has 0 radical (unpaired) electrons. The van der Waals surface area contributed by atoms with Crippen LogP contribution in [0.1, 0.15) is 15.9 Å². The van der Waals surface area contributed by atoms with Crippen molar-refractivity contribution in [2.24, 2.45) is 0 Å². The molecule has 1 N–H and O–H groups in total. The van der Waals surface area contributed by atoms with Gasteiger partial charge < -0.3 is 10.1 Å². The van der Waals surface area contributed by atoms with Gasteiger partial charge in [0.05, 0.1) is 29.0 Å². The highest BCUT2D eigenvalue weighted by molar-refractivity contribution is 7.99. The Labute approximate surface area is 145 Å². The molecule has 0 bridgehead atoms. The number of pyridine rings is 1. The standard InChI is InChI=1S/C16H13F3N2O3S/c1-24-15(23)10-3-2-4-12(7-10)21-13(22)9-25-14-6-5-11(8-20-14)16(17,18)19/h2-8H,9H2,1H3,(H,21,22). The molecular weight excluding hydrogens is 357 g/mol. The highest BCUT2D eigenvalue weighted by Gasteiger charge is 2.30. The lowest BCUT2D eigenvalue weighted by Gasteiger charge is -2.08. The van der Waals surface area contributed by atoms with Crippen molar-refractivity contribution in [1.29, 1.82) is 0 Å². The number of hydrogen-bond acceptors (Lipinski definition) is 5. The summed E-state index contributed by atoms with van der Waals surface area (Å²) in [5.74, 6) is -0.950. The number of alkyl halides is 3. The van der Waals surface area contributed by atoms with E-state index in [9.17, 15) is 22.8 Å². The molecule has 2 aromatic rings. The van der Waals surface area contributed by atoms with Crippen molar-refractivity contribution in [3.63, 3.8) is 0 Å². The third-order valence-electron chi connectivity index (χ3n) is 2.98.